The van der Waals surface area contributed by atoms with Crippen molar-refractivity contribution in [2.75, 3.05) is 27.2 Å². The molecule has 2 unspecified atom stereocenters. The Hall–Kier alpha value is -2.33. The Morgan fingerprint density at radius 2 is 1.51 bits per heavy atom. The monoisotopic (exact) mass is 482 g/mol. The van der Waals surface area contributed by atoms with E-state index in [0.29, 0.717) is 0 Å². The van der Waals surface area contributed by atoms with Crippen LogP contribution in [0.15, 0.2) is 54.6 Å². The van der Waals surface area contributed by atoms with Crippen LogP contribution in [0.3, 0.4) is 0 Å². The molecule has 0 aliphatic rings. The first-order chi connectivity index (χ1) is 16.8. The number of esters is 1. The van der Waals surface area contributed by atoms with E-state index in [-0.39, 0.29) is 24.6 Å². The highest BCUT2D eigenvalue weighted by molar-refractivity contribution is 5.72. The van der Waals surface area contributed by atoms with Crippen molar-refractivity contribution < 1.29 is 18.8 Å². The fourth-order valence-corrected chi connectivity index (χ4v) is 4.54. The Labute approximate surface area is 214 Å². The molecule has 2 aromatic rings. The number of unbranched alkanes of at least 4 members (excludes halogenated alkanes) is 5. The Morgan fingerprint density at radius 3 is 2.17 bits per heavy atom. The largest absolute Gasteiger partial charge is 0.487 e. The number of rotatable bonds is 17. The molecule has 2 rings (SSSR count). The molecule has 0 N–H and O–H groups in total. The Bertz CT molecular complexity index is 832. The number of hydrogen-bond donors (Lipinski definition) is 0. The first-order valence-corrected chi connectivity index (χ1v) is 13.6. The highest BCUT2D eigenvalue weighted by Gasteiger charge is 2.28. The summed E-state index contributed by atoms with van der Waals surface area (Å²) < 4.78 is 12.4. The highest BCUT2D eigenvalue weighted by Crippen LogP contribution is 2.18. The summed E-state index contributed by atoms with van der Waals surface area (Å²) in [4.78, 5) is 12.8. The number of aryl methyl sites for hydroxylation is 1. The zero-order chi connectivity index (χ0) is 25.5. The minimum absolute atomic E-state index is 0.123. The smallest absolute Gasteiger partial charge is 0.314 e. The Balaban J connectivity index is 1.72. The average Bonchev–Trinajstić information content (AvgIpc) is 2.84. The molecule has 4 heteroatoms. The van der Waals surface area contributed by atoms with E-state index < -0.39 is 0 Å². The molecular formula is C31H48NO3+. The molecule has 194 valence electrons. The number of hydrogen-bond acceptors (Lipinski definition) is 3. The topological polar surface area (TPSA) is 35.5 Å². The zero-order valence-electron chi connectivity index (χ0n) is 22.8. The fraction of sp³-hybridized carbons (Fsp3) is 0.581. The molecule has 0 amide bonds. The van der Waals surface area contributed by atoms with E-state index in [1.807, 2.05) is 25.1 Å². The molecule has 0 radical (unpaired) electrons. The van der Waals surface area contributed by atoms with Crippen molar-refractivity contribution in [2.24, 2.45) is 5.92 Å². The first kappa shape index (κ1) is 28.9. The van der Waals surface area contributed by atoms with Crippen LogP contribution >= 0.6 is 0 Å². The molecule has 35 heavy (non-hydrogen) atoms. The molecule has 2 aromatic carbocycles. The van der Waals surface area contributed by atoms with Crippen molar-refractivity contribution in [1.82, 2.24) is 0 Å². The molecule has 0 fully saturated rings. The summed E-state index contributed by atoms with van der Waals surface area (Å²) in [6.07, 6.45) is 9.60. The summed E-state index contributed by atoms with van der Waals surface area (Å²) in [6.45, 7) is 8.17. The molecule has 0 aromatic heterocycles. The summed E-state index contributed by atoms with van der Waals surface area (Å²) in [5.41, 5.74) is 2.63. The number of carbonyl (C=O) groups excluding carboxylic acids is 1. The maximum Gasteiger partial charge on any atom is 0.314 e. The van der Waals surface area contributed by atoms with Crippen LogP contribution in [0.2, 0.25) is 0 Å². The predicted octanol–water partition coefficient (Wildman–Crippen LogP) is 7.20. The normalized spacial score (nSPS) is 13.3. The molecule has 0 aliphatic carbocycles. The Morgan fingerprint density at radius 1 is 0.857 bits per heavy atom. The van der Waals surface area contributed by atoms with Gasteiger partial charge in [0, 0.05) is 5.56 Å². The van der Waals surface area contributed by atoms with Crippen molar-refractivity contribution in [2.45, 2.75) is 84.8 Å². The molecule has 0 bridgehead atoms. The number of nitrogens with zero attached hydrogens (tertiary/aromatic N) is 1. The van der Waals surface area contributed by atoms with Gasteiger partial charge in [0.05, 0.1) is 20.6 Å². The van der Waals surface area contributed by atoms with Crippen LogP contribution in [0.1, 0.15) is 76.8 Å². The summed E-state index contributed by atoms with van der Waals surface area (Å²) in [6, 6.07) is 18.8. The summed E-state index contributed by atoms with van der Waals surface area (Å²) in [7, 11) is 4.34. The molecule has 4 nitrogen and oxygen atoms in total. The van der Waals surface area contributed by atoms with Crippen LogP contribution in [0, 0.1) is 5.92 Å². The van der Waals surface area contributed by atoms with E-state index in [0.717, 1.165) is 36.2 Å². The second-order valence-electron chi connectivity index (χ2n) is 10.6. The maximum absolute atomic E-state index is 12.8. The zero-order valence-corrected chi connectivity index (χ0v) is 22.8. The van der Waals surface area contributed by atoms with E-state index in [1.165, 1.54) is 49.7 Å². The third-order valence-electron chi connectivity index (χ3n) is 6.53. The third kappa shape index (κ3) is 11.8. The van der Waals surface area contributed by atoms with E-state index in [1.54, 1.807) is 0 Å². The van der Waals surface area contributed by atoms with Crippen LogP contribution in [0.5, 0.6) is 5.75 Å². The quantitative estimate of drug-likeness (QED) is 0.136. The van der Waals surface area contributed by atoms with Gasteiger partial charge in [-0.3, -0.25) is 4.79 Å². The highest BCUT2D eigenvalue weighted by atomic mass is 16.6. The molecular weight excluding hydrogens is 434 g/mol. The van der Waals surface area contributed by atoms with Gasteiger partial charge in [-0.25, -0.2) is 0 Å². The second kappa shape index (κ2) is 15.6. The van der Waals surface area contributed by atoms with Gasteiger partial charge in [0.15, 0.2) is 0 Å². The predicted molar refractivity (Wildman–Crippen MR) is 145 cm³/mol. The second-order valence-corrected chi connectivity index (χ2v) is 10.6. The van der Waals surface area contributed by atoms with Crippen molar-refractivity contribution in [3.63, 3.8) is 0 Å². The lowest BCUT2D eigenvalue weighted by Crippen LogP contribution is -2.45. The van der Waals surface area contributed by atoms with Crippen LogP contribution in [-0.2, 0) is 22.5 Å². The Kier molecular flexibility index (Phi) is 12.9. The maximum atomic E-state index is 12.8. The van der Waals surface area contributed by atoms with E-state index in [9.17, 15) is 4.79 Å². The number of quaternary nitrogens is 1. The van der Waals surface area contributed by atoms with Gasteiger partial charge >= 0.3 is 5.97 Å². The first-order valence-electron chi connectivity index (χ1n) is 13.6. The molecule has 2 atom stereocenters. The van der Waals surface area contributed by atoms with Crippen molar-refractivity contribution >= 4 is 5.97 Å². The lowest BCUT2D eigenvalue weighted by molar-refractivity contribution is -0.906. The fourth-order valence-electron chi connectivity index (χ4n) is 4.54. The van der Waals surface area contributed by atoms with Crippen LogP contribution in [0.25, 0.3) is 0 Å². The number of carbonyl (C=O) groups is 1. The number of benzene rings is 2. The van der Waals surface area contributed by atoms with Gasteiger partial charge in [0.1, 0.15) is 30.9 Å². The number of ether oxygens (including phenoxy) is 2. The molecule has 0 heterocycles. The van der Waals surface area contributed by atoms with Gasteiger partial charge in [-0.1, -0.05) is 88.4 Å². The molecule has 0 saturated heterocycles. The van der Waals surface area contributed by atoms with E-state index in [2.05, 4.69) is 64.3 Å². The van der Waals surface area contributed by atoms with Gasteiger partial charge in [-0.15, -0.1) is 0 Å². The van der Waals surface area contributed by atoms with E-state index in [4.69, 9.17) is 9.47 Å². The average molecular weight is 483 g/mol. The van der Waals surface area contributed by atoms with Gasteiger partial charge < -0.3 is 14.0 Å². The summed E-state index contributed by atoms with van der Waals surface area (Å²) in [5.74, 6) is 0.576. The van der Waals surface area contributed by atoms with Crippen LogP contribution < -0.4 is 4.74 Å². The van der Waals surface area contributed by atoms with E-state index >= 15 is 0 Å². The lowest BCUT2D eigenvalue weighted by Gasteiger charge is -2.32. The third-order valence-corrected chi connectivity index (χ3v) is 6.53. The minimum atomic E-state index is -0.187. The summed E-state index contributed by atoms with van der Waals surface area (Å²) >= 11 is 0. The van der Waals surface area contributed by atoms with Crippen molar-refractivity contribution in [3.05, 3.63) is 65.7 Å². The SMILES string of the molecule is CCCCCCCCc1ccc(OC(C)COC(=O)C(CC)C[N+](C)(C)Cc2ccccc2)cc1. The minimum Gasteiger partial charge on any atom is -0.487 e. The molecule has 0 spiro atoms. The standard InChI is InChI=1S/C31H48NO3/c1-6-8-9-10-11-13-16-27-19-21-30(22-20-27)35-26(3)25-34-31(33)29(7-2)24-32(4,5)23-28-17-14-12-15-18-28/h12,14-15,17-22,26,29H,6-11,13,16,23-25H2,1-5H3/q+1. The van der Waals surface area contributed by atoms with Gasteiger partial charge in [-0.05, 0) is 43.9 Å². The van der Waals surface area contributed by atoms with Gasteiger partial charge in [0.25, 0.3) is 0 Å². The summed E-state index contributed by atoms with van der Waals surface area (Å²) in [5, 5.41) is 0. The molecule has 0 saturated carbocycles. The lowest BCUT2D eigenvalue weighted by atomic mass is 10.0. The van der Waals surface area contributed by atoms with Crippen LogP contribution in [-0.4, -0.2) is 43.8 Å². The van der Waals surface area contributed by atoms with Gasteiger partial charge in [-0.2, -0.15) is 0 Å². The molecule has 0 aliphatic heterocycles. The van der Waals surface area contributed by atoms with Crippen molar-refractivity contribution in [3.8, 4) is 5.75 Å². The van der Waals surface area contributed by atoms with Crippen molar-refractivity contribution in [1.29, 1.82) is 0 Å². The van der Waals surface area contributed by atoms with Gasteiger partial charge in [0.2, 0.25) is 0 Å². The van der Waals surface area contributed by atoms with Crippen LogP contribution in [0.4, 0.5) is 0 Å².